The van der Waals surface area contributed by atoms with Crippen LogP contribution in [0, 0.1) is 0 Å². The van der Waals surface area contributed by atoms with E-state index in [1.807, 2.05) is 12.1 Å². The normalized spacial score (nSPS) is 18.6. The van der Waals surface area contributed by atoms with Crippen molar-refractivity contribution in [2.75, 3.05) is 39.5 Å². The van der Waals surface area contributed by atoms with Gasteiger partial charge in [0, 0.05) is 25.4 Å². The van der Waals surface area contributed by atoms with Gasteiger partial charge in [-0.05, 0) is 17.7 Å². The molecule has 0 amide bonds. The molecule has 0 spiro atoms. The van der Waals surface area contributed by atoms with Gasteiger partial charge in [0.1, 0.15) is 49.0 Å². The molecule has 0 radical (unpaired) electrons. The number of aliphatic hydroxyl groups excluding tert-OH is 10. The van der Waals surface area contributed by atoms with E-state index in [1.54, 1.807) is 12.1 Å². The van der Waals surface area contributed by atoms with Gasteiger partial charge in [-0.1, -0.05) is 12.1 Å². The van der Waals surface area contributed by atoms with Gasteiger partial charge in [0.05, 0.1) is 25.4 Å². The van der Waals surface area contributed by atoms with Crippen LogP contribution in [-0.4, -0.2) is 144 Å². The summed E-state index contributed by atoms with van der Waals surface area (Å²) in [5.41, 5.74) is 0.985. The molecule has 0 saturated heterocycles. The average molecular weight is 548 g/mol. The van der Waals surface area contributed by atoms with Crippen LogP contribution < -0.4 is 4.74 Å². The summed E-state index contributed by atoms with van der Waals surface area (Å²) in [5, 5.41) is 97.2. The van der Waals surface area contributed by atoms with Gasteiger partial charge in [-0.3, -0.25) is 4.90 Å². The highest BCUT2D eigenvalue weighted by Gasteiger charge is 2.34. The zero-order chi connectivity index (χ0) is 25.8. The van der Waals surface area contributed by atoms with E-state index in [2.05, 4.69) is 12.6 Å². The van der Waals surface area contributed by atoms with Crippen molar-refractivity contribution in [2.24, 2.45) is 0 Å². The lowest BCUT2D eigenvalue weighted by molar-refractivity contribution is -0.130. The minimum atomic E-state index is -1.85. The molecule has 14 heteroatoms. The molecule has 0 aliphatic carbocycles. The minimum Gasteiger partial charge on any atom is -0.492 e. The van der Waals surface area contributed by atoms with Crippen LogP contribution in [0.2, 0.25) is 0 Å². The van der Waals surface area contributed by atoms with E-state index >= 15 is 0 Å². The molecule has 0 aliphatic heterocycles. The summed E-state index contributed by atoms with van der Waals surface area (Å²) in [5.74, 6) is 1.09. The Morgan fingerprint density at radius 3 is 1.46 bits per heavy atom. The van der Waals surface area contributed by atoms with Crippen LogP contribution in [0.5, 0.6) is 5.75 Å². The molecule has 12 nitrogen and oxygen atoms in total. The predicted molar refractivity (Wildman–Crippen MR) is 131 cm³/mol. The summed E-state index contributed by atoms with van der Waals surface area (Å²) in [7, 11) is 0. The first-order valence-electron chi connectivity index (χ1n) is 10.8. The fraction of sp³-hybridized carbons (Fsp3) is 0.714. The van der Waals surface area contributed by atoms with Crippen LogP contribution in [-0.2, 0) is 5.75 Å². The lowest BCUT2D eigenvalue weighted by Crippen LogP contribution is -2.53. The first kappa shape index (κ1) is 34.2. The van der Waals surface area contributed by atoms with Crippen LogP contribution >= 0.6 is 25.0 Å². The van der Waals surface area contributed by atoms with Crippen LogP contribution in [0.4, 0.5) is 0 Å². The predicted octanol–water partition coefficient (Wildman–Crippen LogP) is -3.91. The van der Waals surface area contributed by atoms with Crippen molar-refractivity contribution in [3.63, 3.8) is 0 Å². The monoisotopic (exact) mass is 547 g/mol. The maximum atomic E-state index is 10.3. The maximum absolute atomic E-state index is 10.3. The Morgan fingerprint density at radius 2 is 1.09 bits per heavy atom. The fourth-order valence-electron chi connectivity index (χ4n) is 3.11. The Morgan fingerprint density at radius 1 is 0.686 bits per heavy atom. The van der Waals surface area contributed by atoms with Gasteiger partial charge in [0.2, 0.25) is 0 Å². The Bertz CT molecular complexity index is 647. The van der Waals surface area contributed by atoms with Gasteiger partial charge in [0.15, 0.2) is 0 Å². The fourth-order valence-corrected chi connectivity index (χ4v) is 3.32. The number of hydrogen-bond acceptors (Lipinski definition) is 13. The van der Waals surface area contributed by atoms with E-state index < -0.39 is 62.0 Å². The van der Waals surface area contributed by atoms with Crippen molar-refractivity contribution in [3.8, 4) is 5.75 Å². The Labute approximate surface area is 215 Å². The van der Waals surface area contributed by atoms with E-state index in [4.69, 9.17) is 14.9 Å². The Kier molecular flexibility index (Phi) is 17.2. The van der Waals surface area contributed by atoms with Gasteiger partial charge >= 0.3 is 0 Å². The highest BCUT2D eigenvalue weighted by molar-refractivity contribution is 7.79. The van der Waals surface area contributed by atoms with Gasteiger partial charge < -0.3 is 55.8 Å². The Hall–Kier alpha value is -0.780. The van der Waals surface area contributed by atoms with Crippen molar-refractivity contribution in [2.45, 2.75) is 54.6 Å². The summed E-state index contributed by atoms with van der Waals surface area (Å²) in [6.45, 7) is -2.30. The van der Waals surface area contributed by atoms with Gasteiger partial charge in [0.25, 0.3) is 0 Å². The third kappa shape index (κ3) is 11.4. The summed E-state index contributed by atoms with van der Waals surface area (Å²) < 4.78 is 5.63. The van der Waals surface area contributed by atoms with Crippen molar-refractivity contribution in [1.29, 1.82) is 0 Å². The molecule has 0 aromatic heterocycles. The average Bonchev–Trinajstić information content (AvgIpc) is 2.85. The quantitative estimate of drug-likeness (QED) is 0.0844. The summed E-state index contributed by atoms with van der Waals surface area (Å²) in [6, 6.07) is 7.10. The third-order valence-corrected chi connectivity index (χ3v) is 5.69. The Balaban J connectivity index is 0.0000116. The smallest absolute Gasteiger partial charge is 0.119 e. The molecule has 1 aromatic carbocycles. The molecule has 8 atom stereocenters. The molecule has 1 aromatic rings. The highest BCUT2D eigenvalue weighted by atomic mass is 35.5. The zero-order valence-electron chi connectivity index (χ0n) is 19.1. The standard InChI is InChI=1S/C21H37NO11S.ClH/c23-9-16(27)20(31)18(29)14(25)7-22(8-15(26)19(30)21(32)17(28)10-24)5-6-33-13-3-1-12(11-34)2-4-13;/h1-4,14-21,23-32,34H,5-11H2;1H. The largest absolute Gasteiger partial charge is 0.492 e. The molecule has 0 fully saturated rings. The number of halogens is 1. The molecule has 10 N–H and O–H groups in total. The topological polar surface area (TPSA) is 215 Å². The van der Waals surface area contributed by atoms with Crippen LogP contribution in [0.15, 0.2) is 24.3 Å². The van der Waals surface area contributed by atoms with Gasteiger partial charge in [-0.15, -0.1) is 12.4 Å². The highest BCUT2D eigenvalue weighted by Crippen LogP contribution is 2.14. The van der Waals surface area contributed by atoms with E-state index in [-0.39, 0.29) is 38.6 Å². The molecule has 0 aliphatic rings. The second-order valence-corrected chi connectivity index (χ2v) is 8.32. The van der Waals surface area contributed by atoms with E-state index in [0.29, 0.717) is 11.5 Å². The molecule has 8 unspecified atom stereocenters. The molecule has 0 saturated carbocycles. The van der Waals surface area contributed by atoms with Crippen molar-refractivity contribution < 1.29 is 55.8 Å². The molecule has 0 heterocycles. The lowest BCUT2D eigenvalue weighted by atomic mass is 10.0. The molecule has 1 rings (SSSR count). The molecule has 206 valence electrons. The van der Waals surface area contributed by atoms with Crippen LogP contribution in [0.25, 0.3) is 0 Å². The number of aliphatic hydroxyl groups is 10. The molecular weight excluding hydrogens is 510 g/mol. The second kappa shape index (κ2) is 17.6. The van der Waals surface area contributed by atoms with E-state index in [1.165, 1.54) is 4.90 Å². The number of ether oxygens (including phenoxy) is 1. The van der Waals surface area contributed by atoms with Crippen LogP contribution in [0.3, 0.4) is 0 Å². The zero-order valence-corrected chi connectivity index (χ0v) is 20.8. The minimum absolute atomic E-state index is 0. The van der Waals surface area contributed by atoms with Gasteiger partial charge in [-0.25, -0.2) is 0 Å². The maximum Gasteiger partial charge on any atom is 0.119 e. The molecular formula is C21H38ClNO11S. The number of rotatable bonds is 17. The number of hydrogen-bond donors (Lipinski definition) is 11. The number of thiol groups is 1. The van der Waals surface area contributed by atoms with Crippen molar-refractivity contribution >= 4 is 25.0 Å². The van der Waals surface area contributed by atoms with E-state index in [9.17, 15) is 40.9 Å². The molecule has 35 heavy (non-hydrogen) atoms. The first-order chi connectivity index (χ1) is 16.0. The molecule has 0 bridgehead atoms. The van der Waals surface area contributed by atoms with Crippen molar-refractivity contribution in [3.05, 3.63) is 29.8 Å². The number of benzene rings is 1. The van der Waals surface area contributed by atoms with Gasteiger partial charge in [-0.2, -0.15) is 12.6 Å². The van der Waals surface area contributed by atoms with E-state index in [0.717, 1.165) is 5.56 Å². The lowest BCUT2D eigenvalue weighted by Gasteiger charge is -2.33. The SMILES string of the molecule is Cl.OCC(O)C(O)C(O)C(O)CN(CCOc1ccc(CS)cc1)CC(O)C(O)C(O)C(O)CO. The second-order valence-electron chi connectivity index (χ2n) is 8.01. The summed E-state index contributed by atoms with van der Waals surface area (Å²) >= 11 is 4.17. The number of nitrogens with zero attached hydrogens (tertiary/aromatic N) is 1. The third-order valence-electron chi connectivity index (χ3n) is 5.32. The van der Waals surface area contributed by atoms with Crippen molar-refractivity contribution in [1.82, 2.24) is 4.90 Å². The summed E-state index contributed by atoms with van der Waals surface area (Å²) in [4.78, 5) is 1.36. The van der Waals surface area contributed by atoms with Crippen LogP contribution in [0.1, 0.15) is 5.56 Å². The summed E-state index contributed by atoms with van der Waals surface area (Å²) in [6.07, 6.45) is -14.0. The first-order valence-corrected chi connectivity index (χ1v) is 11.4.